The molecular formula is C13H11ClF3N3. The molecule has 20 heavy (non-hydrogen) atoms. The number of anilines is 1. The van der Waals surface area contributed by atoms with Crippen molar-refractivity contribution in [2.75, 3.05) is 4.90 Å². The van der Waals surface area contributed by atoms with Crippen molar-refractivity contribution in [1.82, 2.24) is 4.98 Å². The lowest BCUT2D eigenvalue weighted by Crippen LogP contribution is -2.36. The third kappa shape index (κ3) is 2.42. The first-order valence-corrected chi connectivity index (χ1v) is 6.67. The Balaban J connectivity index is 1.87. The Morgan fingerprint density at radius 3 is 2.80 bits per heavy atom. The number of piperidine rings is 1. The molecule has 1 aliphatic heterocycles. The van der Waals surface area contributed by atoms with Crippen molar-refractivity contribution in [3.8, 4) is 6.07 Å². The fourth-order valence-electron chi connectivity index (χ4n) is 3.06. The second kappa shape index (κ2) is 4.52. The summed E-state index contributed by atoms with van der Waals surface area (Å²) in [4.78, 5) is 5.69. The second-order valence-electron chi connectivity index (χ2n) is 5.31. The average Bonchev–Trinajstić information content (AvgIpc) is 2.99. The molecule has 0 N–H and O–H groups in total. The van der Waals surface area contributed by atoms with Crippen LogP contribution in [0.5, 0.6) is 0 Å². The van der Waals surface area contributed by atoms with Crippen LogP contribution < -0.4 is 4.90 Å². The van der Waals surface area contributed by atoms with E-state index in [0.29, 0.717) is 18.0 Å². The van der Waals surface area contributed by atoms with Crippen LogP contribution in [0.3, 0.4) is 0 Å². The molecule has 2 heterocycles. The molecule has 7 heteroatoms. The Kier molecular flexibility index (Phi) is 3.05. The normalized spacial score (nSPS) is 28.1. The molecule has 1 aliphatic carbocycles. The van der Waals surface area contributed by atoms with Crippen LogP contribution in [-0.4, -0.2) is 23.2 Å². The fraction of sp³-hybridized carbons (Fsp3) is 0.538. The molecule has 0 amide bonds. The molecule has 1 aromatic rings. The van der Waals surface area contributed by atoms with E-state index in [4.69, 9.17) is 16.9 Å². The third-order valence-corrected chi connectivity index (χ3v) is 4.20. The number of hydrogen-bond donors (Lipinski definition) is 0. The fourth-order valence-corrected chi connectivity index (χ4v) is 3.26. The lowest BCUT2D eigenvalue weighted by molar-refractivity contribution is -0.138. The number of alkyl halides is 3. The SMILES string of the molecule is N#Cc1ncc(N2[C@@H](CC(F)(F)F)C[C@@H]3C[C@@H]32)cc1Cl. The highest BCUT2D eigenvalue weighted by molar-refractivity contribution is 6.31. The van der Waals surface area contributed by atoms with Crippen LogP contribution in [0.1, 0.15) is 25.0 Å². The number of nitrogens with zero attached hydrogens (tertiary/aromatic N) is 3. The summed E-state index contributed by atoms with van der Waals surface area (Å²) >= 11 is 5.92. The maximum atomic E-state index is 12.6. The van der Waals surface area contributed by atoms with Crippen molar-refractivity contribution in [2.45, 2.75) is 37.5 Å². The zero-order valence-corrected chi connectivity index (χ0v) is 11.1. The molecule has 1 saturated heterocycles. The molecule has 1 aromatic heterocycles. The smallest absolute Gasteiger partial charge is 0.364 e. The summed E-state index contributed by atoms with van der Waals surface area (Å²) in [6.07, 6.45) is -2.08. The number of pyridine rings is 1. The minimum atomic E-state index is -4.18. The first-order valence-electron chi connectivity index (χ1n) is 6.30. The van der Waals surface area contributed by atoms with Crippen molar-refractivity contribution in [1.29, 1.82) is 5.26 Å². The van der Waals surface area contributed by atoms with Gasteiger partial charge in [-0.05, 0) is 24.8 Å². The van der Waals surface area contributed by atoms with E-state index in [0.717, 1.165) is 6.42 Å². The molecule has 0 bridgehead atoms. The van der Waals surface area contributed by atoms with Crippen molar-refractivity contribution in [2.24, 2.45) is 5.92 Å². The number of rotatable bonds is 2. The van der Waals surface area contributed by atoms with Gasteiger partial charge in [-0.25, -0.2) is 4.98 Å². The van der Waals surface area contributed by atoms with Gasteiger partial charge in [0.15, 0.2) is 5.69 Å². The quantitative estimate of drug-likeness (QED) is 0.839. The van der Waals surface area contributed by atoms with Gasteiger partial charge in [0.05, 0.1) is 23.3 Å². The predicted molar refractivity (Wildman–Crippen MR) is 67.4 cm³/mol. The van der Waals surface area contributed by atoms with Gasteiger partial charge in [-0.15, -0.1) is 0 Å². The third-order valence-electron chi connectivity index (χ3n) is 3.91. The molecular weight excluding hydrogens is 291 g/mol. The molecule has 3 rings (SSSR count). The van der Waals surface area contributed by atoms with Gasteiger partial charge in [-0.3, -0.25) is 0 Å². The van der Waals surface area contributed by atoms with E-state index in [1.165, 1.54) is 12.3 Å². The number of halogens is 4. The molecule has 0 radical (unpaired) electrons. The summed E-state index contributed by atoms with van der Waals surface area (Å²) in [5.74, 6) is 0.344. The number of fused-ring (bicyclic) bond motifs is 1. The molecule has 0 unspecified atom stereocenters. The monoisotopic (exact) mass is 301 g/mol. The highest BCUT2D eigenvalue weighted by Gasteiger charge is 2.54. The zero-order chi connectivity index (χ0) is 14.5. The number of nitriles is 1. The van der Waals surface area contributed by atoms with Gasteiger partial charge in [-0.2, -0.15) is 18.4 Å². The van der Waals surface area contributed by atoms with Gasteiger partial charge in [0.2, 0.25) is 0 Å². The van der Waals surface area contributed by atoms with E-state index in [9.17, 15) is 13.2 Å². The molecule has 0 aromatic carbocycles. The number of aromatic nitrogens is 1. The van der Waals surface area contributed by atoms with E-state index in [1.807, 2.05) is 6.07 Å². The molecule has 0 spiro atoms. The van der Waals surface area contributed by atoms with E-state index < -0.39 is 18.6 Å². The van der Waals surface area contributed by atoms with Crippen LogP contribution in [0.4, 0.5) is 18.9 Å². The summed E-state index contributed by atoms with van der Waals surface area (Å²) in [5, 5.41) is 8.96. The van der Waals surface area contributed by atoms with Crippen molar-refractivity contribution >= 4 is 17.3 Å². The zero-order valence-electron chi connectivity index (χ0n) is 10.4. The van der Waals surface area contributed by atoms with Crippen molar-refractivity contribution in [3.63, 3.8) is 0 Å². The maximum absolute atomic E-state index is 12.6. The summed E-state index contributed by atoms with van der Waals surface area (Å²) in [7, 11) is 0. The summed E-state index contributed by atoms with van der Waals surface area (Å²) in [5.41, 5.74) is 0.669. The standard InChI is InChI=1S/C13H11ClF3N3/c14-10-3-9(6-19-11(10)5-18)20-8(4-13(15,16)17)1-7-2-12(7)20/h3,6-8,12H,1-2,4H2/t7-,8-,12+/m1/s1. The van der Waals surface area contributed by atoms with Crippen LogP contribution in [-0.2, 0) is 0 Å². The van der Waals surface area contributed by atoms with Crippen LogP contribution in [0.25, 0.3) is 0 Å². The Morgan fingerprint density at radius 1 is 1.45 bits per heavy atom. The van der Waals surface area contributed by atoms with Gasteiger partial charge < -0.3 is 4.90 Å². The first-order chi connectivity index (χ1) is 9.39. The summed E-state index contributed by atoms with van der Waals surface area (Å²) in [6, 6.07) is 2.99. The van der Waals surface area contributed by atoms with Crippen molar-refractivity contribution < 1.29 is 13.2 Å². The van der Waals surface area contributed by atoms with Gasteiger partial charge in [0.1, 0.15) is 6.07 Å². The Labute approximate surface area is 119 Å². The molecule has 1 saturated carbocycles. The predicted octanol–water partition coefficient (Wildman–Crippen LogP) is 3.53. The topological polar surface area (TPSA) is 39.9 Å². The van der Waals surface area contributed by atoms with E-state index in [2.05, 4.69) is 4.98 Å². The molecule has 3 atom stereocenters. The van der Waals surface area contributed by atoms with Crippen LogP contribution in [0, 0.1) is 17.2 Å². The minimum absolute atomic E-state index is 0.0920. The van der Waals surface area contributed by atoms with Crippen LogP contribution in [0.2, 0.25) is 5.02 Å². The van der Waals surface area contributed by atoms with Gasteiger partial charge >= 0.3 is 6.18 Å². The van der Waals surface area contributed by atoms with E-state index in [-0.39, 0.29) is 16.8 Å². The van der Waals surface area contributed by atoms with Crippen LogP contribution in [0.15, 0.2) is 12.3 Å². The van der Waals surface area contributed by atoms with Crippen LogP contribution >= 0.6 is 11.6 Å². The Bertz CT molecular complexity index is 581. The van der Waals surface area contributed by atoms with Crippen molar-refractivity contribution in [3.05, 3.63) is 23.0 Å². The first kappa shape index (κ1) is 13.5. The summed E-state index contributed by atoms with van der Waals surface area (Å²) < 4.78 is 37.9. The average molecular weight is 302 g/mol. The van der Waals surface area contributed by atoms with Gasteiger partial charge in [-0.1, -0.05) is 11.6 Å². The van der Waals surface area contributed by atoms with Gasteiger partial charge in [0.25, 0.3) is 0 Å². The Hall–Kier alpha value is -1.48. The van der Waals surface area contributed by atoms with E-state index >= 15 is 0 Å². The lowest BCUT2D eigenvalue weighted by Gasteiger charge is -2.30. The van der Waals surface area contributed by atoms with Gasteiger partial charge in [0, 0.05) is 12.1 Å². The van der Waals surface area contributed by atoms with E-state index in [1.54, 1.807) is 4.90 Å². The molecule has 2 aliphatic rings. The number of hydrogen-bond acceptors (Lipinski definition) is 3. The highest BCUT2D eigenvalue weighted by Crippen LogP contribution is 2.51. The highest BCUT2D eigenvalue weighted by atomic mass is 35.5. The molecule has 106 valence electrons. The lowest BCUT2D eigenvalue weighted by atomic mass is 10.1. The Morgan fingerprint density at radius 2 is 2.20 bits per heavy atom. The molecule has 2 fully saturated rings. The largest absolute Gasteiger partial charge is 0.391 e. The minimum Gasteiger partial charge on any atom is -0.364 e. The maximum Gasteiger partial charge on any atom is 0.391 e. The molecule has 3 nitrogen and oxygen atoms in total. The summed E-state index contributed by atoms with van der Waals surface area (Å²) in [6.45, 7) is 0. The second-order valence-corrected chi connectivity index (χ2v) is 5.72.